The molecule has 4 aliphatic rings. The summed E-state index contributed by atoms with van der Waals surface area (Å²) in [5.41, 5.74) is 0.192. The molecule has 4 fully saturated rings. The lowest BCUT2D eigenvalue weighted by atomic mass is 9.46. The van der Waals surface area contributed by atoms with E-state index in [0.717, 1.165) is 17.8 Å². The van der Waals surface area contributed by atoms with Crippen LogP contribution in [-0.2, 0) is 14.3 Å². The highest BCUT2D eigenvalue weighted by molar-refractivity contribution is 5.73. The van der Waals surface area contributed by atoms with Gasteiger partial charge in [0, 0.05) is 7.11 Å². The Kier molecular flexibility index (Phi) is 3.13. The number of hydrogen-bond acceptors (Lipinski definition) is 3. The lowest BCUT2D eigenvalue weighted by molar-refractivity contribution is -0.165. The van der Waals surface area contributed by atoms with E-state index in [-0.39, 0.29) is 17.3 Å². The van der Waals surface area contributed by atoms with Crippen molar-refractivity contribution in [2.24, 2.45) is 29.1 Å². The number of rotatable bonds is 4. The first kappa shape index (κ1) is 12.5. The normalized spacial score (nSPS) is 42.9. The Hall–Kier alpha value is -0.570. The molecule has 102 valence electrons. The highest BCUT2D eigenvalue weighted by Crippen LogP contribution is 2.62. The first-order chi connectivity index (χ1) is 8.66. The van der Waals surface area contributed by atoms with Gasteiger partial charge in [-0.25, -0.2) is 0 Å². The fourth-order valence-corrected chi connectivity index (χ4v) is 5.41. The van der Waals surface area contributed by atoms with Crippen LogP contribution in [0.4, 0.5) is 0 Å². The number of methoxy groups -OCH3 is 2. The third-order valence-electron chi connectivity index (χ3n) is 5.64. The molecule has 0 saturated heterocycles. The molecule has 0 aliphatic heterocycles. The summed E-state index contributed by atoms with van der Waals surface area (Å²) in [5.74, 6) is 2.49. The highest BCUT2D eigenvalue weighted by atomic mass is 16.5. The van der Waals surface area contributed by atoms with Crippen LogP contribution in [0.1, 0.15) is 38.5 Å². The largest absolute Gasteiger partial charge is 0.469 e. The van der Waals surface area contributed by atoms with E-state index in [1.54, 1.807) is 7.11 Å². The zero-order valence-corrected chi connectivity index (χ0v) is 11.5. The zero-order chi connectivity index (χ0) is 12.8. The number of carbonyl (C=O) groups is 1. The Bertz CT molecular complexity index is 301. The first-order valence-electron chi connectivity index (χ1n) is 7.23. The van der Waals surface area contributed by atoms with Gasteiger partial charge in [0.05, 0.1) is 19.6 Å². The molecule has 0 heterocycles. The monoisotopic (exact) mass is 252 g/mol. The summed E-state index contributed by atoms with van der Waals surface area (Å²) >= 11 is 0. The van der Waals surface area contributed by atoms with Crippen LogP contribution in [0, 0.1) is 29.1 Å². The molecule has 0 spiro atoms. The van der Waals surface area contributed by atoms with Gasteiger partial charge in [-0.2, -0.15) is 0 Å². The maximum absolute atomic E-state index is 12.1. The summed E-state index contributed by atoms with van der Waals surface area (Å²) in [5, 5.41) is 0. The van der Waals surface area contributed by atoms with Crippen LogP contribution < -0.4 is 0 Å². The van der Waals surface area contributed by atoms with Crippen molar-refractivity contribution in [2.45, 2.75) is 38.5 Å². The molecule has 1 unspecified atom stereocenters. The van der Waals surface area contributed by atoms with Crippen molar-refractivity contribution >= 4 is 5.97 Å². The number of ether oxygens (including phenoxy) is 2. The van der Waals surface area contributed by atoms with E-state index in [0.29, 0.717) is 6.61 Å². The van der Waals surface area contributed by atoms with Gasteiger partial charge in [0.2, 0.25) is 0 Å². The molecule has 0 aromatic heterocycles. The van der Waals surface area contributed by atoms with Crippen LogP contribution in [0.25, 0.3) is 0 Å². The molecule has 4 bridgehead atoms. The van der Waals surface area contributed by atoms with Crippen LogP contribution in [0.3, 0.4) is 0 Å². The molecule has 0 aromatic rings. The van der Waals surface area contributed by atoms with Crippen molar-refractivity contribution in [3.8, 4) is 0 Å². The van der Waals surface area contributed by atoms with Gasteiger partial charge in [0.1, 0.15) is 0 Å². The molecule has 4 aliphatic carbocycles. The Morgan fingerprint density at radius 3 is 2.00 bits per heavy atom. The van der Waals surface area contributed by atoms with Crippen molar-refractivity contribution in [3.05, 3.63) is 0 Å². The standard InChI is InChI=1S/C15H24O3/c1-17-9-13(14(16)18-2)15-6-10-3-11(7-15)5-12(4-10)8-15/h10-13H,3-9H2,1-2H3. The van der Waals surface area contributed by atoms with E-state index in [2.05, 4.69) is 0 Å². The predicted molar refractivity (Wildman–Crippen MR) is 68.0 cm³/mol. The second-order valence-corrected chi connectivity index (χ2v) is 6.81. The van der Waals surface area contributed by atoms with Crippen LogP contribution in [0.2, 0.25) is 0 Å². The number of carbonyl (C=O) groups excluding carboxylic acids is 1. The summed E-state index contributed by atoms with van der Waals surface area (Å²) in [6.45, 7) is 0.527. The third-order valence-corrected chi connectivity index (χ3v) is 5.64. The van der Waals surface area contributed by atoms with Crippen LogP contribution >= 0.6 is 0 Å². The van der Waals surface area contributed by atoms with Gasteiger partial charge in [-0.3, -0.25) is 4.79 Å². The van der Waals surface area contributed by atoms with E-state index in [9.17, 15) is 4.79 Å². The summed E-state index contributed by atoms with van der Waals surface area (Å²) in [6.07, 6.45) is 7.88. The summed E-state index contributed by atoms with van der Waals surface area (Å²) in [4.78, 5) is 12.1. The Balaban J connectivity index is 1.86. The molecular weight excluding hydrogens is 228 g/mol. The van der Waals surface area contributed by atoms with Gasteiger partial charge < -0.3 is 9.47 Å². The maximum Gasteiger partial charge on any atom is 0.311 e. The van der Waals surface area contributed by atoms with Crippen LogP contribution in [0.5, 0.6) is 0 Å². The van der Waals surface area contributed by atoms with Gasteiger partial charge in [-0.15, -0.1) is 0 Å². The fraction of sp³-hybridized carbons (Fsp3) is 0.933. The summed E-state index contributed by atoms with van der Waals surface area (Å²) in [7, 11) is 3.20. The predicted octanol–water partition coefficient (Wildman–Crippen LogP) is 2.64. The molecule has 0 amide bonds. The van der Waals surface area contributed by atoms with E-state index >= 15 is 0 Å². The van der Waals surface area contributed by atoms with Crippen molar-refractivity contribution in [1.29, 1.82) is 0 Å². The van der Waals surface area contributed by atoms with Crippen LogP contribution in [-0.4, -0.2) is 26.8 Å². The lowest BCUT2D eigenvalue weighted by Gasteiger charge is -2.58. The fourth-order valence-electron chi connectivity index (χ4n) is 5.41. The minimum Gasteiger partial charge on any atom is -0.469 e. The average Bonchev–Trinajstić information content (AvgIpc) is 2.33. The molecular formula is C15H24O3. The summed E-state index contributed by atoms with van der Waals surface area (Å²) < 4.78 is 10.4. The molecule has 4 rings (SSSR count). The van der Waals surface area contributed by atoms with Gasteiger partial charge in [-0.05, 0) is 61.7 Å². The van der Waals surface area contributed by atoms with E-state index in [4.69, 9.17) is 9.47 Å². The average molecular weight is 252 g/mol. The molecule has 18 heavy (non-hydrogen) atoms. The van der Waals surface area contributed by atoms with Crippen molar-refractivity contribution in [2.75, 3.05) is 20.8 Å². The van der Waals surface area contributed by atoms with Crippen molar-refractivity contribution in [3.63, 3.8) is 0 Å². The Morgan fingerprint density at radius 1 is 1.11 bits per heavy atom. The Labute approximate surface area is 109 Å². The molecule has 3 nitrogen and oxygen atoms in total. The number of hydrogen-bond donors (Lipinski definition) is 0. The van der Waals surface area contributed by atoms with Gasteiger partial charge >= 0.3 is 5.97 Å². The number of esters is 1. The first-order valence-corrected chi connectivity index (χ1v) is 7.23. The molecule has 3 heteroatoms. The van der Waals surface area contributed by atoms with E-state index in [1.165, 1.54) is 45.6 Å². The summed E-state index contributed by atoms with van der Waals surface area (Å²) in [6, 6.07) is 0. The van der Waals surface area contributed by atoms with Gasteiger partial charge in [0.15, 0.2) is 0 Å². The molecule has 0 N–H and O–H groups in total. The van der Waals surface area contributed by atoms with E-state index in [1.807, 2.05) is 0 Å². The van der Waals surface area contributed by atoms with Crippen LogP contribution in [0.15, 0.2) is 0 Å². The van der Waals surface area contributed by atoms with Crippen molar-refractivity contribution in [1.82, 2.24) is 0 Å². The minimum absolute atomic E-state index is 0.0408. The molecule has 0 radical (unpaired) electrons. The molecule has 1 atom stereocenters. The smallest absolute Gasteiger partial charge is 0.311 e. The van der Waals surface area contributed by atoms with E-state index < -0.39 is 0 Å². The third kappa shape index (κ3) is 1.87. The Morgan fingerprint density at radius 2 is 1.61 bits per heavy atom. The molecule has 0 aromatic carbocycles. The zero-order valence-electron chi connectivity index (χ0n) is 11.5. The second kappa shape index (κ2) is 4.52. The quantitative estimate of drug-likeness (QED) is 0.722. The van der Waals surface area contributed by atoms with Gasteiger partial charge in [-0.1, -0.05) is 0 Å². The highest BCUT2D eigenvalue weighted by Gasteiger charge is 2.56. The SMILES string of the molecule is COCC(C(=O)OC)C12CC3CC(CC(C3)C1)C2. The van der Waals surface area contributed by atoms with Crippen molar-refractivity contribution < 1.29 is 14.3 Å². The second-order valence-electron chi connectivity index (χ2n) is 6.81. The topological polar surface area (TPSA) is 35.5 Å². The lowest BCUT2D eigenvalue weighted by Crippen LogP contribution is -2.52. The maximum atomic E-state index is 12.1. The van der Waals surface area contributed by atoms with Gasteiger partial charge in [0.25, 0.3) is 0 Å². The molecule has 4 saturated carbocycles. The minimum atomic E-state index is -0.0567.